The minimum Gasteiger partial charge on any atom is -0.494 e. The Morgan fingerprint density at radius 2 is 2.10 bits per heavy atom. The molecule has 0 aliphatic rings. The van der Waals surface area contributed by atoms with Crippen LogP contribution in [0.25, 0.3) is 0 Å². The normalized spacial score (nSPS) is 10.1. The highest BCUT2D eigenvalue weighted by Gasteiger charge is 2.11. The second-order valence-corrected chi connectivity index (χ2v) is 4.50. The number of halogens is 2. The third-order valence-electron chi connectivity index (χ3n) is 2.72. The number of hydrogen-bond donors (Lipinski definition) is 2. The minimum absolute atomic E-state index is 0.0523. The summed E-state index contributed by atoms with van der Waals surface area (Å²) in [5.41, 5.74) is 0.750. The predicted octanol–water partition coefficient (Wildman–Crippen LogP) is 3.18. The van der Waals surface area contributed by atoms with E-state index in [9.17, 15) is 9.18 Å². The van der Waals surface area contributed by atoms with Crippen LogP contribution in [0.5, 0.6) is 5.75 Å². The molecule has 0 radical (unpaired) electrons. The Morgan fingerprint density at radius 1 is 1.33 bits per heavy atom. The number of aromatic nitrogens is 1. The fourth-order valence-electron chi connectivity index (χ4n) is 1.70. The summed E-state index contributed by atoms with van der Waals surface area (Å²) in [6, 6.07) is 7.06. The topological polar surface area (TPSA) is 63.2 Å². The summed E-state index contributed by atoms with van der Waals surface area (Å²) < 4.78 is 18.2. The van der Waals surface area contributed by atoms with Crippen LogP contribution in [0.4, 0.5) is 15.9 Å². The molecule has 110 valence electrons. The number of carbonyl (C=O) groups is 1. The maximum absolute atomic E-state index is 13.3. The van der Waals surface area contributed by atoms with Crippen molar-refractivity contribution in [2.45, 2.75) is 0 Å². The number of pyridine rings is 1. The Balaban J connectivity index is 2.23. The van der Waals surface area contributed by atoms with Crippen molar-refractivity contribution < 1.29 is 13.9 Å². The summed E-state index contributed by atoms with van der Waals surface area (Å²) in [4.78, 5) is 16.1. The van der Waals surface area contributed by atoms with E-state index in [1.807, 2.05) is 0 Å². The van der Waals surface area contributed by atoms with Gasteiger partial charge in [0.15, 0.2) is 11.6 Å². The summed E-state index contributed by atoms with van der Waals surface area (Å²) in [5, 5.41) is 5.64. The van der Waals surface area contributed by atoms with Crippen LogP contribution in [0.2, 0.25) is 5.15 Å². The molecule has 1 aromatic heterocycles. The van der Waals surface area contributed by atoms with E-state index in [0.717, 1.165) is 0 Å². The average Bonchev–Trinajstić information content (AvgIpc) is 2.48. The number of nitrogens with one attached hydrogen (secondary N) is 2. The number of anilines is 2. The van der Waals surface area contributed by atoms with Gasteiger partial charge in [-0.15, -0.1) is 0 Å². The molecule has 0 saturated heterocycles. The molecule has 2 N–H and O–H groups in total. The zero-order valence-corrected chi connectivity index (χ0v) is 12.2. The highest BCUT2D eigenvalue weighted by molar-refractivity contribution is 6.30. The molecule has 0 aliphatic heterocycles. The second kappa shape index (κ2) is 6.41. The van der Waals surface area contributed by atoms with E-state index in [1.54, 1.807) is 13.1 Å². The molecule has 0 bridgehead atoms. The van der Waals surface area contributed by atoms with E-state index in [1.165, 1.54) is 31.4 Å². The van der Waals surface area contributed by atoms with Gasteiger partial charge in [0.1, 0.15) is 11.0 Å². The van der Waals surface area contributed by atoms with Gasteiger partial charge in [-0.25, -0.2) is 9.37 Å². The quantitative estimate of drug-likeness (QED) is 0.852. The molecule has 0 atom stereocenters. The van der Waals surface area contributed by atoms with Gasteiger partial charge < -0.3 is 15.4 Å². The van der Waals surface area contributed by atoms with Gasteiger partial charge in [0.05, 0.1) is 7.11 Å². The zero-order chi connectivity index (χ0) is 15.4. The lowest BCUT2D eigenvalue weighted by molar-refractivity contribution is 0.102. The molecule has 1 aromatic carbocycles. The Bertz CT molecular complexity index is 679. The van der Waals surface area contributed by atoms with Crippen LogP contribution in [0, 0.1) is 5.82 Å². The lowest BCUT2D eigenvalue weighted by atomic mass is 10.2. The molecule has 1 amide bonds. The maximum atomic E-state index is 13.3. The zero-order valence-electron chi connectivity index (χ0n) is 11.4. The van der Waals surface area contributed by atoms with Crippen molar-refractivity contribution in [2.24, 2.45) is 0 Å². The molecule has 21 heavy (non-hydrogen) atoms. The van der Waals surface area contributed by atoms with Gasteiger partial charge >= 0.3 is 0 Å². The van der Waals surface area contributed by atoms with Crippen molar-refractivity contribution in [3.63, 3.8) is 0 Å². The Morgan fingerprint density at radius 3 is 2.76 bits per heavy atom. The van der Waals surface area contributed by atoms with E-state index in [2.05, 4.69) is 15.6 Å². The average molecular weight is 310 g/mol. The van der Waals surface area contributed by atoms with Crippen LogP contribution < -0.4 is 15.4 Å². The smallest absolute Gasteiger partial charge is 0.255 e. The number of nitrogens with zero attached hydrogens (tertiary/aromatic N) is 1. The summed E-state index contributed by atoms with van der Waals surface area (Å²) in [6.45, 7) is 0. The van der Waals surface area contributed by atoms with E-state index in [4.69, 9.17) is 16.3 Å². The molecule has 0 unspecified atom stereocenters. The largest absolute Gasteiger partial charge is 0.494 e. The van der Waals surface area contributed by atoms with Gasteiger partial charge in [-0.3, -0.25) is 4.79 Å². The fraction of sp³-hybridized carbons (Fsp3) is 0.143. The van der Waals surface area contributed by atoms with Crippen LogP contribution >= 0.6 is 11.6 Å². The van der Waals surface area contributed by atoms with Crippen molar-refractivity contribution in [3.8, 4) is 5.75 Å². The van der Waals surface area contributed by atoms with Crippen molar-refractivity contribution in [1.29, 1.82) is 0 Å². The molecule has 0 spiro atoms. The summed E-state index contributed by atoms with van der Waals surface area (Å²) in [5.74, 6) is -0.356. The number of rotatable bonds is 4. The molecular formula is C14H13ClFN3O2. The van der Waals surface area contributed by atoms with Crippen LogP contribution in [-0.2, 0) is 0 Å². The van der Waals surface area contributed by atoms with Gasteiger partial charge in [0, 0.05) is 24.4 Å². The van der Waals surface area contributed by atoms with Crippen molar-refractivity contribution in [1.82, 2.24) is 4.98 Å². The molecule has 0 fully saturated rings. The maximum Gasteiger partial charge on any atom is 0.255 e. The van der Waals surface area contributed by atoms with Crippen molar-refractivity contribution >= 4 is 29.0 Å². The lowest BCUT2D eigenvalue weighted by Gasteiger charge is -2.09. The first-order valence-electron chi connectivity index (χ1n) is 6.03. The predicted molar refractivity (Wildman–Crippen MR) is 79.7 cm³/mol. The van der Waals surface area contributed by atoms with Gasteiger partial charge in [-0.05, 0) is 24.3 Å². The molecule has 7 heteroatoms. The first-order chi connectivity index (χ1) is 10.0. The standard InChI is InChI=1S/C14H13ClFN3O2/c1-17-13-6-8(5-12(15)19-13)14(20)18-9-3-4-10(16)11(7-9)21-2/h3-7H,1-2H3,(H,17,19)(H,18,20). The summed E-state index contributed by atoms with van der Waals surface area (Å²) >= 11 is 5.84. The van der Waals surface area contributed by atoms with Crippen LogP contribution in [0.15, 0.2) is 30.3 Å². The molecule has 1 heterocycles. The minimum atomic E-state index is -0.500. The molecule has 2 aromatic rings. The number of hydrogen-bond acceptors (Lipinski definition) is 4. The number of benzene rings is 1. The van der Waals surface area contributed by atoms with Crippen LogP contribution in [-0.4, -0.2) is 25.0 Å². The van der Waals surface area contributed by atoms with E-state index in [-0.39, 0.29) is 16.8 Å². The van der Waals surface area contributed by atoms with Crippen molar-refractivity contribution in [3.05, 3.63) is 46.9 Å². The number of ether oxygens (including phenoxy) is 1. The fourth-order valence-corrected chi connectivity index (χ4v) is 1.91. The summed E-state index contributed by atoms with van der Waals surface area (Å²) in [7, 11) is 3.02. The Kier molecular flexibility index (Phi) is 4.59. The molecule has 0 saturated carbocycles. The molecule has 5 nitrogen and oxygen atoms in total. The van der Waals surface area contributed by atoms with Gasteiger partial charge in [0.25, 0.3) is 5.91 Å². The van der Waals surface area contributed by atoms with E-state index >= 15 is 0 Å². The first kappa shape index (κ1) is 15.1. The second-order valence-electron chi connectivity index (χ2n) is 4.12. The van der Waals surface area contributed by atoms with E-state index < -0.39 is 5.82 Å². The number of amides is 1. The Labute approximate surface area is 126 Å². The monoisotopic (exact) mass is 309 g/mol. The highest BCUT2D eigenvalue weighted by Crippen LogP contribution is 2.22. The SMILES string of the molecule is CNc1cc(C(=O)Nc2ccc(F)c(OC)c2)cc(Cl)n1. The molecular weight excluding hydrogens is 297 g/mol. The van der Waals surface area contributed by atoms with Gasteiger partial charge in [-0.1, -0.05) is 11.6 Å². The lowest BCUT2D eigenvalue weighted by Crippen LogP contribution is -2.13. The molecule has 2 rings (SSSR count). The Hall–Kier alpha value is -2.34. The first-order valence-corrected chi connectivity index (χ1v) is 6.41. The van der Waals surface area contributed by atoms with E-state index in [0.29, 0.717) is 17.1 Å². The summed E-state index contributed by atoms with van der Waals surface area (Å²) in [6.07, 6.45) is 0. The molecule has 0 aliphatic carbocycles. The third kappa shape index (κ3) is 3.61. The van der Waals surface area contributed by atoms with Crippen molar-refractivity contribution in [2.75, 3.05) is 24.8 Å². The van der Waals surface area contributed by atoms with Crippen LogP contribution in [0.3, 0.4) is 0 Å². The van der Waals surface area contributed by atoms with Crippen LogP contribution in [0.1, 0.15) is 10.4 Å². The number of carbonyl (C=O) groups excluding carboxylic acids is 1. The number of methoxy groups -OCH3 is 1. The highest BCUT2D eigenvalue weighted by atomic mass is 35.5. The van der Waals surface area contributed by atoms with Gasteiger partial charge in [0.2, 0.25) is 0 Å². The van der Waals surface area contributed by atoms with Gasteiger partial charge in [-0.2, -0.15) is 0 Å². The third-order valence-corrected chi connectivity index (χ3v) is 2.92.